The van der Waals surface area contributed by atoms with Gasteiger partial charge in [0.25, 0.3) is 5.56 Å². The summed E-state index contributed by atoms with van der Waals surface area (Å²) >= 11 is 0. The van der Waals surface area contributed by atoms with Crippen molar-refractivity contribution in [3.8, 4) is 5.69 Å². The number of anilines is 1. The predicted octanol–water partition coefficient (Wildman–Crippen LogP) is 2.84. The fraction of sp³-hybridized carbons (Fsp3) is 0.217. The van der Waals surface area contributed by atoms with Crippen molar-refractivity contribution in [3.05, 3.63) is 82.3 Å². The molecule has 0 saturated carbocycles. The van der Waals surface area contributed by atoms with E-state index in [2.05, 4.69) is 32.5 Å². The van der Waals surface area contributed by atoms with Crippen LogP contribution in [0.25, 0.3) is 16.7 Å². The number of fused-ring (bicyclic) bond motifs is 2. The van der Waals surface area contributed by atoms with Gasteiger partial charge in [0.05, 0.1) is 11.9 Å². The maximum absolute atomic E-state index is 12.5. The lowest BCUT2D eigenvalue weighted by Gasteiger charge is -2.15. The van der Waals surface area contributed by atoms with Crippen molar-refractivity contribution in [3.63, 3.8) is 0 Å². The molecule has 3 heterocycles. The molecule has 5 rings (SSSR count). The molecule has 1 aliphatic rings. The maximum Gasteiger partial charge on any atom is 0.263 e. The Labute approximate surface area is 178 Å². The number of H-pyrrole nitrogens is 1. The number of para-hydroxylation sites is 1. The molecule has 2 aromatic carbocycles. The van der Waals surface area contributed by atoms with Crippen LogP contribution in [0.1, 0.15) is 24.0 Å². The van der Waals surface area contributed by atoms with Gasteiger partial charge in [0.2, 0.25) is 11.9 Å². The number of rotatable bonds is 6. The summed E-state index contributed by atoms with van der Waals surface area (Å²) in [6.07, 6.45) is 2.60. The number of carbonyl (C=O) groups excluding carboxylic acids is 1. The highest BCUT2D eigenvalue weighted by Gasteiger charge is 2.22. The van der Waals surface area contributed by atoms with Gasteiger partial charge in [-0.15, -0.1) is 0 Å². The first-order valence-electron chi connectivity index (χ1n) is 10.3. The van der Waals surface area contributed by atoms with E-state index >= 15 is 0 Å². The van der Waals surface area contributed by atoms with E-state index in [4.69, 9.17) is 0 Å². The molecule has 0 fully saturated rings. The van der Waals surface area contributed by atoms with Crippen LogP contribution < -0.4 is 10.9 Å². The number of nitrogens with one attached hydrogen (secondary N) is 2. The largest absolute Gasteiger partial charge is 0.356 e. The molecular weight excluding hydrogens is 392 g/mol. The molecule has 0 unspecified atom stereocenters. The van der Waals surface area contributed by atoms with Gasteiger partial charge in [-0.05, 0) is 29.7 Å². The van der Waals surface area contributed by atoms with Gasteiger partial charge in [0.1, 0.15) is 5.39 Å². The number of carbonyl (C=O) groups is 1. The van der Waals surface area contributed by atoms with Gasteiger partial charge in [0.15, 0.2) is 5.65 Å². The Kier molecular flexibility index (Phi) is 4.95. The first-order chi connectivity index (χ1) is 15.2. The van der Waals surface area contributed by atoms with Crippen molar-refractivity contribution in [2.75, 3.05) is 11.9 Å². The van der Waals surface area contributed by atoms with Crippen molar-refractivity contribution in [1.29, 1.82) is 0 Å². The molecule has 0 atom stereocenters. The fourth-order valence-electron chi connectivity index (χ4n) is 3.87. The molecule has 8 heteroatoms. The highest BCUT2D eigenvalue weighted by Crippen LogP contribution is 2.23. The van der Waals surface area contributed by atoms with Gasteiger partial charge < -0.3 is 10.2 Å². The van der Waals surface area contributed by atoms with Crippen LogP contribution in [0.5, 0.6) is 0 Å². The van der Waals surface area contributed by atoms with E-state index in [-0.39, 0.29) is 11.5 Å². The van der Waals surface area contributed by atoms with Crippen LogP contribution in [0.3, 0.4) is 0 Å². The minimum absolute atomic E-state index is 0.136. The van der Waals surface area contributed by atoms with Crippen molar-refractivity contribution < 1.29 is 4.79 Å². The predicted molar refractivity (Wildman–Crippen MR) is 118 cm³/mol. The zero-order valence-electron chi connectivity index (χ0n) is 16.9. The lowest BCUT2D eigenvalue weighted by Crippen LogP contribution is -2.25. The van der Waals surface area contributed by atoms with Crippen LogP contribution in [-0.4, -0.2) is 37.1 Å². The topological polar surface area (TPSA) is 95.9 Å². The van der Waals surface area contributed by atoms with Crippen LogP contribution in [-0.2, 0) is 17.9 Å². The summed E-state index contributed by atoms with van der Waals surface area (Å²) in [4.78, 5) is 34.1. The number of aromatic amines is 1. The third-order valence-electron chi connectivity index (χ3n) is 5.49. The smallest absolute Gasteiger partial charge is 0.263 e. The van der Waals surface area contributed by atoms with Crippen LogP contribution in [0, 0.1) is 0 Å². The average Bonchev–Trinajstić information content (AvgIpc) is 3.42. The van der Waals surface area contributed by atoms with Crippen molar-refractivity contribution in [2.24, 2.45) is 0 Å². The third kappa shape index (κ3) is 3.79. The van der Waals surface area contributed by atoms with Gasteiger partial charge in [-0.1, -0.05) is 42.5 Å². The number of hydrogen-bond acceptors (Lipinski definition) is 5. The van der Waals surface area contributed by atoms with Gasteiger partial charge >= 0.3 is 0 Å². The molecule has 156 valence electrons. The molecule has 0 radical (unpaired) electrons. The second-order valence-corrected chi connectivity index (χ2v) is 7.59. The molecular formula is C23H22N6O2. The maximum atomic E-state index is 12.5. The van der Waals surface area contributed by atoms with Crippen molar-refractivity contribution in [1.82, 2.24) is 24.6 Å². The highest BCUT2D eigenvalue weighted by atomic mass is 16.2. The Hall–Kier alpha value is -3.94. The minimum atomic E-state index is -0.249. The molecule has 31 heavy (non-hydrogen) atoms. The number of aromatic nitrogens is 4. The molecule has 4 aromatic rings. The van der Waals surface area contributed by atoms with E-state index in [0.717, 1.165) is 5.69 Å². The van der Waals surface area contributed by atoms with E-state index in [0.29, 0.717) is 49.5 Å². The van der Waals surface area contributed by atoms with Crippen molar-refractivity contribution in [2.45, 2.75) is 25.9 Å². The van der Waals surface area contributed by atoms with Crippen LogP contribution in [0.15, 0.2) is 65.6 Å². The number of benzene rings is 2. The summed E-state index contributed by atoms with van der Waals surface area (Å²) < 4.78 is 1.64. The van der Waals surface area contributed by atoms with Crippen LogP contribution in [0.4, 0.5) is 5.95 Å². The molecule has 0 bridgehead atoms. The molecule has 0 aliphatic carbocycles. The van der Waals surface area contributed by atoms with Crippen LogP contribution in [0.2, 0.25) is 0 Å². The summed E-state index contributed by atoms with van der Waals surface area (Å²) in [5, 5.41) is 7.86. The standard InChI is InChI=1S/C23H22N6O2/c30-20(28-14-16-7-4-5-8-17(16)15-28)11-6-12-24-23-26-21-19(22(31)27-23)13-25-29(21)18-9-2-1-3-10-18/h1-5,7-10,13H,6,11-12,14-15H2,(H2,24,26,27,31). The fourth-order valence-corrected chi connectivity index (χ4v) is 3.87. The molecule has 1 aliphatic heterocycles. The average molecular weight is 414 g/mol. The summed E-state index contributed by atoms with van der Waals surface area (Å²) in [6.45, 7) is 1.88. The van der Waals surface area contributed by atoms with Crippen LogP contribution >= 0.6 is 0 Å². The lowest BCUT2D eigenvalue weighted by molar-refractivity contribution is -0.131. The second kappa shape index (κ2) is 8.06. The van der Waals surface area contributed by atoms with E-state index in [9.17, 15) is 9.59 Å². The summed E-state index contributed by atoms with van der Waals surface area (Å²) in [6, 6.07) is 17.7. The summed E-state index contributed by atoms with van der Waals surface area (Å²) in [7, 11) is 0. The van der Waals surface area contributed by atoms with Crippen molar-refractivity contribution >= 4 is 22.9 Å². The van der Waals surface area contributed by atoms with Gasteiger partial charge in [-0.25, -0.2) is 4.68 Å². The SMILES string of the molecule is O=C(CCCNc1nc2c(cnn2-c2ccccc2)c(=O)[nH]1)N1Cc2ccccc2C1. The van der Waals surface area contributed by atoms with E-state index < -0.39 is 0 Å². The normalized spacial score (nSPS) is 12.8. The molecule has 0 spiro atoms. The third-order valence-corrected chi connectivity index (χ3v) is 5.49. The monoisotopic (exact) mass is 414 g/mol. The van der Waals surface area contributed by atoms with Gasteiger partial charge in [0, 0.05) is 26.1 Å². The Morgan fingerprint density at radius 2 is 1.74 bits per heavy atom. The van der Waals surface area contributed by atoms with Gasteiger partial charge in [-0.2, -0.15) is 10.1 Å². The first kappa shape index (κ1) is 19.0. The first-order valence-corrected chi connectivity index (χ1v) is 10.3. The summed E-state index contributed by atoms with van der Waals surface area (Å²) in [5.74, 6) is 0.508. The molecule has 0 saturated heterocycles. The highest BCUT2D eigenvalue weighted by molar-refractivity contribution is 5.77. The quantitative estimate of drug-likeness (QED) is 0.473. The Balaban J connectivity index is 1.21. The van der Waals surface area contributed by atoms with Gasteiger partial charge in [-0.3, -0.25) is 14.6 Å². The number of amides is 1. The Morgan fingerprint density at radius 1 is 1.03 bits per heavy atom. The minimum Gasteiger partial charge on any atom is -0.356 e. The molecule has 1 amide bonds. The lowest BCUT2D eigenvalue weighted by atomic mass is 10.1. The number of nitrogens with zero attached hydrogens (tertiary/aromatic N) is 4. The Bertz CT molecular complexity index is 1270. The molecule has 2 aromatic heterocycles. The number of hydrogen-bond donors (Lipinski definition) is 2. The Morgan fingerprint density at radius 3 is 2.48 bits per heavy atom. The second-order valence-electron chi connectivity index (χ2n) is 7.59. The van der Waals surface area contributed by atoms with E-state index in [1.807, 2.05) is 47.4 Å². The zero-order chi connectivity index (χ0) is 21.2. The van der Waals surface area contributed by atoms with E-state index in [1.165, 1.54) is 17.3 Å². The molecule has 8 nitrogen and oxygen atoms in total. The zero-order valence-corrected chi connectivity index (χ0v) is 16.9. The van der Waals surface area contributed by atoms with E-state index in [1.54, 1.807) is 4.68 Å². The summed E-state index contributed by atoms with van der Waals surface area (Å²) in [5.41, 5.74) is 3.51. The molecule has 2 N–H and O–H groups in total.